The highest BCUT2D eigenvalue weighted by Crippen LogP contribution is 2.17. The molecule has 0 radical (unpaired) electrons. The highest BCUT2D eigenvalue weighted by atomic mass is 16.4. The highest BCUT2D eigenvalue weighted by Gasteiger charge is 2.28. The van der Waals surface area contributed by atoms with E-state index in [2.05, 4.69) is 10.4 Å². The van der Waals surface area contributed by atoms with Gasteiger partial charge in [-0.2, -0.15) is 5.10 Å². The summed E-state index contributed by atoms with van der Waals surface area (Å²) in [5.74, 6) is -0.613. The normalized spacial score (nSPS) is 13.5. The third-order valence-corrected chi connectivity index (χ3v) is 3.50. The zero-order valence-corrected chi connectivity index (χ0v) is 12.6. The molecule has 2 N–H and O–H groups in total. The first-order valence-electron chi connectivity index (χ1n) is 7.02. The zero-order chi connectivity index (χ0) is 16.2. The Morgan fingerprint density at radius 3 is 2.82 bits per heavy atom. The van der Waals surface area contributed by atoms with Crippen LogP contribution < -0.4 is 5.32 Å². The molecule has 7 heteroatoms. The Bertz CT molecular complexity index is 648. The Kier molecular flexibility index (Phi) is 4.65. The summed E-state index contributed by atoms with van der Waals surface area (Å²) in [5.41, 5.74) is -0.808. The first kappa shape index (κ1) is 15.8. The number of carboxylic acid groups (broad SMARTS) is 1. The molecule has 2 aromatic rings. The number of nitrogens with one attached hydrogen (secondary N) is 1. The number of aromatic nitrogens is 2. The van der Waals surface area contributed by atoms with Crippen molar-refractivity contribution in [3.63, 3.8) is 0 Å². The molecule has 0 saturated carbocycles. The molecule has 22 heavy (non-hydrogen) atoms. The van der Waals surface area contributed by atoms with Crippen molar-refractivity contribution in [3.05, 3.63) is 42.1 Å². The molecule has 0 bridgehead atoms. The van der Waals surface area contributed by atoms with Gasteiger partial charge >= 0.3 is 5.97 Å². The fourth-order valence-corrected chi connectivity index (χ4v) is 2.07. The van der Waals surface area contributed by atoms with Crippen molar-refractivity contribution < 1.29 is 19.1 Å². The van der Waals surface area contributed by atoms with Crippen LogP contribution in [0.2, 0.25) is 0 Å². The van der Waals surface area contributed by atoms with E-state index in [1.54, 1.807) is 42.2 Å². The minimum Gasteiger partial charge on any atom is -0.481 e. The minimum absolute atomic E-state index is 0.143. The maximum atomic E-state index is 12.2. The summed E-state index contributed by atoms with van der Waals surface area (Å²) in [6.45, 7) is 3.96. The molecule has 118 valence electrons. The van der Waals surface area contributed by atoms with Gasteiger partial charge in [0.05, 0.1) is 13.0 Å². The molecule has 2 rings (SSSR count). The molecule has 1 amide bonds. The molecule has 0 aromatic carbocycles. The van der Waals surface area contributed by atoms with E-state index in [0.29, 0.717) is 18.7 Å². The first-order chi connectivity index (χ1) is 10.4. The second kappa shape index (κ2) is 6.46. The van der Waals surface area contributed by atoms with Crippen molar-refractivity contribution in [2.75, 3.05) is 0 Å². The van der Waals surface area contributed by atoms with Crippen LogP contribution in [-0.2, 0) is 11.3 Å². The van der Waals surface area contributed by atoms with E-state index in [4.69, 9.17) is 9.52 Å². The van der Waals surface area contributed by atoms with Gasteiger partial charge in [0, 0.05) is 17.9 Å². The number of carbonyl (C=O) groups excluding carboxylic acids is 1. The number of hydrogen-bond acceptors (Lipinski definition) is 4. The van der Waals surface area contributed by atoms with E-state index in [1.165, 1.54) is 0 Å². The van der Waals surface area contributed by atoms with Gasteiger partial charge in [-0.05, 0) is 31.5 Å². The van der Waals surface area contributed by atoms with Crippen molar-refractivity contribution >= 4 is 11.9 Å². The SMILES string of the molecule is CCC(C)(CC(=O)O)NC(=O)c1ccc(Cn2cccn2)o1. The topological polar surface area (TPSA) is 97.4 Å². The molecule has 0 fully saturated rings. The van der Waals surface area contributed by atoms with Crippen LogP contribution in [0.5, 0.6) is 0 Å². The molecule has 2 aromatic heterocycles. The van der Waals surface area contributed by atoms with Crippen molar-refractivity contribution in [1.82, 2.24) is 15.1 Å². The summed E-state index contributed by atoms with van der Waals surface area (Å²) in [7, 11) is 0. The number of furan rings is 1. The highest BCUT2D eigenvalue weighted by molar-refractivity contribution is 5.92. The molecule has 0 aliphatic rings. The Morgan fingerprint density at radius 1 is 1.45 bits per heavy atom. The lowest BCUT2D eigenvalue weighted by Gasteiger charge is -2.27. The number of carboxylic acids is 1. The molecule has 7 nitrogen and oxygen atoms in total. The Hall–Kier alpha value is -2.57. The van der Waals surface area contributed by atoms with Crippen molar-refractivity contribution in [3.8, 4) is 0 Å². The number of carbonyl (C=O) groups is 2. The zero-order valence-electron chi connectivity index (χ0n) is 12.6. The number of aliphatic carboxylic acids is 1. The lowest BCUT2D eigenvalue weighted by atomic mass is 9.94. The Labute approximate surface area is 127 Å². The number of nitrogens with zero attached hydrogens (tertiary/aromatic N) is 2. The molecular formula is C15H19N3O4. The second-order valence-corrected chi connectivity index (χ2v) is 5.41. The predicted molar refractivity (Wildman–Crippen MR) is 78.5 cm³/mol. The van der Waals surface area contributed by atoms with Crippen LogP contribution in [0.3, 0.4) is 0 Å². The standard InChI is InChI=1S/C15H19N3O4/c1-3-15(2,9-13(19)20)17-14(21)12-6-5-11(22-12)10-18-8-4-7-16-18/h4-8H,3,9-10H2,1-2H3,(H,17,21)(H,19,20). The second-order valence-electron chi connectivity index (χ2n) is 5.41. The van der Waals surface area contributed by atoms with Crippen LogP contribution >= 0.6 is 0 Å². The molecule has 0 saturated heterocycles. The Morgan fingerprint density at radius 2 is 2.23 bits per heavy atom. The van der Waals surface area contributed by atoms with Crippen LogP contribution in [0.4, 0.5) is 0 Å². The van der Waals surface area contributed by atoms with Gasteiger partial charge in [-0.3, -0.25) is 14.3 Å². The molecule has 2 heterocycles. The fraction of sp³-hybridized carbons (Fsp3) is 0.400. The largest absolute Gasteiger partial charge is 0.481 e. The molecule has 0 spiro atoms. The first-order valence-corrected chi connectivity index (χ1v) is 7.02. The lowest BCUT2D eigenvalue weighted by molar-refractivity contribution is -0.138. The molecule has 1 unspecified atom stereocenters. The quantitative estimate of drug-likeness (QED) is 0.814. The van der Waals surface area contributed by atoms with E-state index in [-0.39, 0.29) is 12.2 Å². The van der Waals surface area contributed by atoms with Crippen LogP contribution in [0.1, 0.15) is 43.0 Å². The van der Waals surface area contributed by atoms with Crippen molar-refractivity contribution in [2.45, 2.75) is 38.8 Å². The summed E-state index contributed by atoms with van der Waals surface area (Å²) in [6.07, 6.45) is 3.82. The van der Waals surface area contributed by atoms with Crippen LogP contribution in [0, 0.1) is 0 Å². The van der Waals surface area contributed by atoms with E-state index in [9.17, 15) is 9.59 Å². The van der Waals surface area contributed by atoms with Crippen molar-refractivity contribution in [1.29, 1.82) is 0 Å². The van der Waals surface area contributed by atoms with Crippen LogP contribution in [0.15, 0.2) is 35.0 Å². The van der Waals surface area contributed by atoms with Gasteiger partial charge < -0.3 is 14.8 Å². The Balaban J connectivity index is 2.03. The van der Waals surface area contributed by atoms with Gasteiger partial charge in [0.1, 0.15) is 5.76 Å². The van der Waals surface area contributed by atoms with Gasteiger partial charge in [0.25, 0.3) is 5.91 Å². The van der Waals surface area contributed by atoms with E-state index < -0.39 is 17.4 Å². The van der Waals surface area contributed by atoms with Crippen LogP contribution in [-0.4, -0.2) is 32.3 Å². The number of hydrogen-bond donors (Lipinski definition) is 2. The van der Waals surface area contributed by atoms with E-state index >= 15 is 0 Å². The molecular weight excluding hydrogens is 286 g/mol. The molecule has 0 aliphatic heterocycles. The smallest absolute Gasteiger partial charge is 0.305 e. The van der Waals surface area contributed by atoms with Gasteiger partial charge in [0.2, 0.25) is 0 Å². The maximum absolute atomic E-state index is 12.2. The number of amides is 1. The van der Waals surface area contributed by atoms with Gasteiger partial charge in [-0.1, -0.05) is 6.92 Å². The van der Waals surface area contributed by atoms with Gasteiger partial charge in [-0.25, -0.2) is 0 Å². The van der Waals surface area contributed by atoms with E-state index in [1.807, 2.05) is 6.92 Å². The monoisotopic (exact) mass is 305 g/mol. The fourth-order valence-electron chi connectivity index (χ4n) is 2.07. The third-order valence-electron chi connectivity index (χ3n) is 3.50. The maximum Gasteiger partial charge on any atom is 0.305 e. The average molecular weight is 305 g/mol. The molecule has 0 aliphatic carbocycles. The summed E-state index contributed by atoms with van der Waals surface area (Å²) < 4.78 is 7.18. The third kappa shape index (κ3) is 3.97. The summed E-state index contributed by atoms with van der Waals surface area (Å²) in [4.78, 5) is 23.1. The predicted octanol–water partition coefficient (Wildman–Crippen LogP) is 1.90. The lowest BCUT2D eigenvalue weighted by Crippen LogP contribution is -2.46. The molecule has 1 atom stereocenters. The average Bonchev–Trinajstić information content (AvgIpc) is 3.10. The summed E-state index contributed by atoms with van der Waals surface area (Å²) in [6, 6.07) is 5.08. The van der Waals surface area contributed by atoms with Crippen molar-refractivity contribution in [2.24, 2.45) is 0 Å². The number of rotatable bonds is 7. The minimum atomic E-state index is -0.955. The summed E-state index contributed by atoms with van der Waals surface area (Å²) in [5, 5.41) is 15.7. The summed E-state index contributed by atoms with van der Waals surface area (Å²) >= 11 is 0. The van der Waals surface area contributed by atoms with Crippen LogP contribution in [0.25, 0.3) is 0 Å². The van der Waals surface area contributed by atoms with Gasteiger partial charge in [0.15, 0.2) is 5.76 Å². The van der Waals surface area contributed by atoms with Gasteiger partial charge in [-0.15, -0.1) is 0 Å². The van der Waals surface area contributed by atoms with E-state index in [0.717, 1.165) is 0 Å².